The van der Waals surface area contributed by atoms with Gasteiger partial charge in [0.1, 0.15) is 11.1 Å². The van der Waals surface area contributed by atoms with E-state index in [0.717, 1.165) is 11.1 Å². The van der Waals surface area contributed by atoms with Gasteiger partial charge in [0.25, 0.3) is 5.95 Å². The molecule has 0 spiro atoms. The molecule has 3 aromatic rings. The molecule has 2 N–H and O–H groups in total. The maximum Gasteiger partial charge on any atom is 0.296 e. The van der Waals surface area contributed by atoms with Crippen molar-refractivity contribution < 1.29 is 9.15 Å². The van der Waals surface area contributed by atoms with Crippen molar-refractivity contribution in [3.05, 3.63) is 58.3 Å². The van der Waals surface area contributed by atoms with Crippen LogP contribution < -0.4 is 15.9 Å². The van der Waals surface area contributed by atoms with Gasteiger partial charge in [-0.15, -0.1) is 0 Å². The van der Waals surface area contributed by atoms with E-state index >= 15 is 0 Å². The maximum atomic E-state index is 12.7. The first-order chi connectivity index (χ1) is 10.1. The standard InChI is InChI=1S/C17H15NO3/c1-10-3-5-11(6-4-10)15-16(19)13-8-7-12(18)9-14(13)21-17(15)20-2/h3-9H,18H2,1-2H3. The Kier molecular flexibility index (Phi) is 3.14. The van der Waals surface area contributed by atoms with Crippen LogP contribution in [0.3, 0.4) is 0 Å². The van der Waals surface area contributed by atoms with E-state index in [1.165, 1.54) is 7.11 Å². The lowest BCUT2D eigenvalue weighted by Gasteiger charge is -2.09. The predicted molar refractivity (Wildman–Crippen MR) is 83.6 cm³/mol. The van der Waals surface area contributed by atoms with E-state index in [4.69, 9.17) is 14.9 Å². The van der Waals surface area contributed by atoms with Gasteiger partial charge in [0.2, 0.25) is 5.43 Å². The number of nitrogen functional groups attached to an aromatic ring is 1. The maximum absolute atomic E-state index is 12.7. The fraction of sp³-hybridized carbons (Fsp3) is 0.118. The molecule has 0 radical (unpaired) electrons. The van der Waals surface area contributed by atoms with E-state index in [1.54, 1.807) is 18.2 Å². The van der Waals surface area contributed by atoms with Gasteiger partial charge in [0, 0.05) is 11.8 Å². The Labute approximate surface area is 121 Å². The molecule has 0 bridgehead atoms. The molecule has 0 unspecified atom stereocenters. The van der Waals surface area contributed by atoms with Crippen LogP contribution in [-0.4, -0.2) is 7.11 Å². The molecule has 0 aliphatic rings. The van der Waals surface area contributed by atoms with Gasteiger partial charge in [-0.05, 0) is 24.6 Å². The van der Waals surface area contributed by atoms with E-state index in [9.17, 15) is 4.79 Å². The zero-order chi connectivity index (χ0) is 15.0. The first kappa shape index (κ1) is 13.2. The Balaban J connectivity index is 2.36. The van der Waals surface area contributed by atoms with E-state index < -0.39 is 0 Å². The summed E-state index contributed by atoms with van der Waals surface area (Å²) in [6.07, 6.45) is 0. The quantitative estimate of drug-likeness (QED) is 0.731. The topological polar surface area (TPSA) is 65.5 Å². The molecular formula is C17H15NO3. The molecule has 0 atom stereocenters. The highest BCUT2D eigenvalue weighted by atomic mass is 16.6. The molecule has 4 heteroatoms. The number of anilines is 1. The first-order valence-corrected chi connectivity index (χ1v) is 6.57. The number of ether oxygens (including phenoxy) is 1. The molecule has 106 valence electrons. The van der Waals surface area contributed by atoms with Crippen molar-refractivity contribution in [2.75, 3.05) is 12.8 Å². The van der Waals surface area contributed by atoms with Crippen molar-refractivity contribution in [2.45, 2.75) is 6.92 Å². The number of hydrogen-bond donors (Lipinski definition) is 1. The second-order valence-electron chi connectivity index (χ2n) is 4.92. The van der Waals surface area contributed by atoms with Gasteiger partial charge in [-0.25, -0.2) is 0 Å². The zero-order valence-corrected chi connectivity index (χ0v) is 11.8. The highest BCUT2D eigenvalue weighted by molar-refractivity contribution is 5.85. The number of hydrogen-bond acceptors (Lipinski definition) is 4. The molecule has 0 aliphatic carbocycles. The van der Waals surface area contributed by atoms with E-state index in [0.29, 0.717) is 22.2 Å². The van der Waals surface area contributed by atoms with Crippen molar-refractivity contribution in [1.29, 1.82) is 0 Å². The van der Waals surface area contributed by atoms with Crippen LogP contribution in [0.5, 0.6) is 5.95 Å². The van der Waals surface area contributed by atoms with Gasteiger partial charge in [-0.2, -0.15) is 0 Å². The summed E-state index contributed by atoms with van der Waals surface area (Å²) in [5.41, 5.74) is 8.88. The summed E-state index contributed by atoms with van der Waals surface area (Å²) in [4.78, 5) is 12.7. The van der Waals surface area contributed by atoms with Crippen LogP contribution in [0.1, 0.15) is 5.56 Å². The van der Waals surface area contributed by atoms with Gasteiger partial charge < -0.3 is 14.9 Å². The molecule has 0 saturated heterocycles. The highest BCUT2D eigenvalue weighted by Crippen LogP contribution is 2.30. The second-order valence-corrected chi connectivity index (χ2v) is 4.92. The molecule has 3 rings (SSSR count). The Morgan fingerprint density at radius 3 is 2.48 bits per heavy atom. The number of nitrogens with two attached hydrogens (primary N) is 1. The van der Waals surface area contributed by atoms with E-state index in [2.05, 4.69) is 0 Å². The highest BCUT2D eigenvalue weighted by Gasteiger charge is 2.17. The van der Waals surface area contributed by atoms with Gasteiger partial charge in [0.05, 0.1) is 12.5 Å². The van der Waals surface area contributed by atoms with Crippen LogP contribution in [0.2, 0.25) is 0 Å². The number of fused-ring (bicyclic) bond motifs is 1. The monoisotopic (exact) mass is 281 g/mol. The molecule has 0 amide bonds. The summed E-state index contributed by atoms with van der Waals surface area (Å²) in [5.74, 6) is 0.196. The third-order valence-corrected chi connectivity index (χ3v) is 3.41. The summed E-state index contributed by atoms with van der Waals surface area (Å²) >= 11 is 0. The average molecular weight is 281 g/mol. The van der Waals surface area contributed by atoms with Crippen LogP contribution in [-0.2, 0) is 0 Å². The van der Waals surface area contributed by atoms with E-state index in [-0.39, 0.29) is 11.4 Å². The SMILES string of the molecule is COc1oc2cc(N)ccc2c(=O)c1-c1ccc(C)cc1. The van der Waals surface area contributed by atoms with Gasteiger partial charge in [0.15, 0.2) is 0 Å². The fourth-order valence-corrected chi connectivity index (χ4v) is 2.30. The molecule has 0 aliphatic heterocycles. The summed E-state index contributed by atoms with van der Waals surface area (Å²) in [6.45, 7) is 1.99. The zero-order valence-electron chi connectivity index (χ0n) is 11.8. The van der Waals surface area contributed by atoms with Crippen LogP contribution >= 0.6 is 0 Å². The molecule has 1 heterocycles. The number of aryl methyl sites for hydroxylation is 1. The summed E-state index contributed by atoms with van der Waals surface area (Å²) in [6, 6.07) is 12.6. The summed E-state index contributed by atoms with van der Waals surface area (Å²) in [7, 11) is 1.48. The van der Waals surface area contributed by atoms with Gasteiger partial charge in [-0.3, -0.25) is 4.79 Å². The van der Waals surface area contributed by atoms with E-state index in [1.807, 2.05) is 31.2 Å². The molecule has 1 aromatic heterocycles. The minimum Gasteiger partial charge on any atom is -0.468 e. The van der Waals surface area contributed by atoms with Crippen molar-refractivity contribution in [1.82, 2.24) is 0 Å². The fourth-order valence-electron chi connectivity index (χ4n) is 2.30. The third-order valence-electron chi connectivity index (χ3n) is 3.41. The lowest BCUT2D eigenvalue weighted by atomic mass is 10.0. The Bertz CT molecular complexity index is 864. The minimum absolute atomic E-state index is 0.128. The number of methoxy groups -OCH3 is 1. The van der Waals surface area contributed by atoms with Crippen molar-refractivity contribution in [2.24, 2.45) is 0 Å². The summed E-state index contributed by atoms with van der Waals surface area (Å²) in [5, 5.41) is 0.487. The molecule has 21 heavy (non-hydrogen) atoms. The van der Waals surface area contributed by atoms with Crippen LogP contribution in [0.15, 0.2) is 51.7 Å². The van der Waals surface area contributed by atoms with Gasteiger partial charge >= 0.3 is 0 Å². The van der Waals surface area contributed by atoms with Crippen molar-refractivity contribution in [3.8, 4) is 17.1 Å². The average Bonchev–Trinajstić information content (AvgIpc) is 2.48. The Morgan fingerprint density at radius 2 is 1.81 bits per heavy atom. The van der Waals surface area contributed by atoms with Crippen molar-refractivity contribution in [3.63, 3.8) is 0 Å². The van der Waals surface area contributed by atoms with Gasteiger partial charge in [-0.1, -0.05) is 29.8 Å². The molecule has 0 fully saturated rings. The van der Waals surface area contributed by atoms with Crippen LogP contribution in [0.25, 0.3) is 22.1 Å². The lowest BCUT2D eigenvalue weighted by Crippen LogP contribution is -2.07. The number of rotatable bonds is 2. The predicted octanol–water partition coefficient (Wildman–Crippen LogP) is 3.36. The lowest BCUT2D eigenvalue weighted by molar-refractivity contribution is 0.312. The Hall–Kier alpha value is -2.75. The van der Waals surface area contributed by atoms with Crippen LogP contribution in [0.4, 0.5) is 5.69 Å². The summed E-state index contributed by atoms with van der Waals surface area (Å²) < 4.78 is 10.9. The minimum atomic E-state index is -0.128. The molecule has 2 aromatic carbocycles. The molecular weight excluding hydrogens is 266 g/mol. The smallest absolute Gasteiger partial charge is 0.296 e. The second kappa shape index (κ2) is 4.98. The molecule has 4 nitrogen and oxygen atoms in total. The van der Waals surface area contributed by atoms with Crippen molar-refractivity contribution >= 4 is 16.7 Å². The first-order valence-electron chi connectivity index (χ1n) is 6.57. The Morgan fingerprint density at radius 1 is 1.10 bits per heavy atom. The third kappa shape index (κ3) is 2.25. The van der Waals surface area contributed by atoms with Crippen LogP contribution in [0, 0.1) is 6.92 Å². The number of benzene rings is 2. The normalized spacial score (nSPS) is 10.8. The molecule has 0 saturated carbocycles. The largest absolute Gasteiger partial charge is 0.468 e.